The fourth-order valence-corrected chi connectivity index (χ4v) is 3.94. The fraction of sp³-hybridized carbons (Fsp3) is 0.421. The maximum absolute atomic E-state index is 12.1. The molecule has 1 aliphatic rings. The lowest BCUT2D eigenvalue weighted by molar-refractivity contribution is -0.116. The highest BCUT2D eigenvalue weighted by molar-refractivity contribution is 7.14. The molecule has 1 saturated carbocycles. The fourth-order valence-electron chi connectivity index (χ4n) is 3.21. The minimum absolute atomic E-state index is 0.0498. The first kappa shape index (κ1) is 17.6. The van der Waals surface area contributed by atoms with Crippen molar-refractivity contribution < 1.29 is 9.59 Å². The van der Waals surface area contributed by atoms with Gasteiger partial charge in [0.2, 0.25) is 11.8 Å². The van der Waals surface area contributed by atoms with Gasteiger partial charge in [-0.1, -0.05) is 37.8 Å². The lowest BCUT2D eigenvalue weighted by atomic mass is 10.0. The second kappa shape index (κ2) is 8.25. The first-order valence-corrected chi connectivity index (χ1v) is 9.61. The van der Waals surface area contributed by atoms with Crippen molar-refractivity contribution in [2.24, 2.45) is 5.92 Å². The van der Waals surface area contributed by atoms with E-state index in [1.165, 1.54) is 43.9 Å². The highest BCUT2D eigenvalue weighted by Crippen LogP contribution is 2.29. The van der Waals surface area contributed by atoms with E-state index >= 15 is 0 Å². The minimum atomic E-state index is -0.0935. The molecule has 2 N–H and O–H groups in total. The van der Waals surface area contributed by atoms with Gasteiger partial charge in [0, 0.05) is 30.0 Å². The van der Waals surface area contributed by atoms with Crippen LogP contribution in [0.2, 0.25) is 0 Å². The van der Waals surface area contributed by atoms with Gasteiger partial charge in [-0.25, -0.2) is 4.98 Å². The van der Waals surface area contributed by atoms with Crippen LogP contribution in [0.1, 0.15) is 45.4 Å². The largest absolute Gasteiger partial charge is 0.326 e. The normalized spacial score (nSPS) is 14.4. The molecule has 0 spiro atoms. The molecule has 132 valence electrons. The van der Waals surface area contributed by atoms with Gasteiger partial charge in [0.05, 0.1) is 5.69 Å². The summed E-state index contributed by atoms with van der Waals surface area (Å²) in [5.74, 6) is 0.678. The van der Waals surface area contributed by atoms with Crippen LogP contribution in [0.3, 0.4) is 0 Å². The van der Waals surface area contributed by atoms with Crippen molar-refractivity contribution in [3.8, 4) is 11.3 Å². The Kier molecular flexibility index (Phi) is 5.81. The lowest BCUT2D eigenvalue weighted by Gasteiger charge is -2.07. The molecule has 2 amide bonds. The summed E-state index contributed by atoms with van der Waals surface area (Å²) in [4.78, 5) is 27.6. The predicted octanol–water partition coefficient (Wildman–Crippen LogP) is 4.68. The van der Waals surface area contributed by atoms with Gasteiger partial charge >= 0.3 is 0 Å². The third-order valence-corrected chi connectivity index (χ3v) is 5.26. The van der Waals surface area contributed by atoms with Gasteiger partial charge in [-0.3, -0.25) is 9.59 Å². The topological polar surface area (TPSA) is 71.1 Å². The smallest absolute Gasteiger partial charge is 0.226 e. The average molecular weight is 357 g/mol. The lowest BCUT2D eigenvalue weighted by Crippen LogP contribution is -2.12. The van der Waals surface area contributed by atoms with E-state index in [2.05, 4.69) is 15.6 Å². The number of nitrogens with zero attached hydrogens (tertiary/aromatic N) is 1. The monoisotopic (exact) mass is 357 g/mol. The van der Waals surface area contributed by atoms with Gasteiger partial charge in [0.25, 0.3) is 0 Å². The number of hydrogen-bond donors (Lipinski definition) is 2. The van der Waals surface area contributed by atoms with E-state index in [0.29, 0.717) is 11.6 Å². The number of benzene rings is 1. The van der Waals surface area contributed by atoms with Crippen molar-refractivity contribution in [1.82, 2.24) is 4.98 Å². The molecule has 0 bridgehead atoms. The van der Waals surface area contributed by atoms with E-state index in [9.17, 15) is 9.59 Å². The molecule has 0 unspecified atom stereocenters. The van der Waals surface area contributed by atoms with E-state index in [0.717, 1.165) is 29.3 Å². The summed E-state index contributed by atoms with van der Waals surface area (Å²) in [6.07, 6.45) is 6.71. The van der Waals surface area contributed by atoms with Crippen molar-refractivity contribution in [3.63, 3.8) is 0 Å². The Morgan fingerprint density at radius 3 is 2.56 bits per heavy atom. The van der Waals surface area contributed by atoms with Gasteiger partial charge < -0.3 is 10.6 Å². The summed E-state index contributed by atoms with van der Waals surface area (Å²) in [6, 6.07) is 7.50. The Hall–Kier alpha value is -2.21. The Bertz CT molecular complexity index is 733. The molecular formula is C19H23N3O2S. The zero-order valence-corrected chi connectivity index (χ0v) is 15.2. The predicted molar refractivity (Wildman–Crippen MR) is 102 cm³/mol. The Balaban J connectivity index is 1.54. The van der Waals surface area contributed by atoms with Gasteiger partial charge in [-0.15, -0.1) is 11.3 Å². The first-order valence-electron chi connectivity index (χ1n) is 8.73. The summed E-state index contributed by atoms with van der Waals surface area (Å²) >= 11 is 1.43. The van der Waals surface area contributed by atoms with Crippen LogP contribution in [0.5, 0.6) is 0 Å². The van der Waals surface area contributed by atoms with Gasteiger partial charge in [-0.2, -0.15) is 0 Å². The van der Waals surface area contributed by atoms with Crippen molar-refractivity contribution >= 4 is 34.0 Å². The van der Waals surface area contributed by atoms with E-state index in [4.69, 9.17) is 0 Å². The number of thiazole rings is 1. The molecule has 1 aromatic carbocycles. The van der Waals surface area contributed by atoms with E-state index in [1.54, 1.807) is 0 Å². The number of carbonyl (C=O) groups is 2. The molecule has 0 radical (unpaired) electrons. The van der Waals surface area contributed by atoms with Crippen LogP contribution in [-0.2, 0) is 9.59 Å². The van der Waals surface area contributed by atoms with Crippen LogP contribution in [0.25, 0.3) is 11.3 Å². The van der Waals surface area contributed by atoms with E-state index < -0.39 is 0 Å². The van der Waals surface area contributed by atoms with E-state index in [1.807, 2.05) is 29.6 Å². The quantitative estimate of drug-likeness (QED) is 0.789. The molecule has 1 heterocycles. The molecule has 1 aliphatic carbocycles. The van der Waals surface area contributed by atoms with Gasteiger partial charge in [0.15, 0.2) is 5.13 Å². The Labute approximate surface area is 151 Å². The third kappa shape index (κ3) is 5.13. The molecule has 25 heavy (non-hydrogen) atoms. The minimum Gasteiger partial charge on any atom is -0.326 e. The molecule has 0 atom stereocenters. The summed E-state index contributed by atoms with van der Waals surface area (Å²) < 4.78 is 0. The first-order chi connectivity index (χ1) is 12.1. The second-order valence-electron chi connectivity index (χ2n) is 6.53. The average Bonchev–Trinajstić information content (AvgIpc) is 3.25. The van der Waals surface area contributed by atoms with Crippen molar-refractivity contribution in [2.75, 3.05) is 10.6 Å². The number of nitrogens with one attached hydrogen (secondary N) is 2. The Morgan fingerprint density at radius 1 is 1.16 bits per heavy atom. The number of carbonyl (C=O) groups excluding carboxylic acids is 2. The van der Waals surface area contributed by atoms with E-state index in [-0.39, 0.29) is 11.8 Å². The number of rotatable bonds is 6. The summed E-state index contributed by atoms with van der Waals surface area (Å²) in [5.41, 5.74) is 2.54. The highest BCUT2D eigenvalue weighted by Gasteiger charge is 2.16. The van der Waals surface area contributed by atoms with Crippen LogP contribution >= 0.6 is 11.3 Å². The van der Waals surface area contributed by atoms with Crippen LogP contribution in [0, 0.1) is 5.92 Å². The maximum atomic E-state index is 12.1. The molecule has 3 rings (SSSR count). The second-order valence-corrected chi connectivity index (χ2v) is 7.39. The van der Waals surface area contributed by atoms with Crippen LogP contribution < -0.4 is 10.6 Å². The number of amides is 2. The summed E-state index contributed by atoms with van der Waals surface area (Å²) in [5, 5.41) is 8.21. The summed E-state index contributed by atoms with van der Waals surface area (Å²) in [7, 11) is 0. The zero-order valence-electron chi connectivity index (χ0n) is 14.4. The highest BCUT2D eigenvalue weighted by atomic mass is 32.1. The van der Waals surface area contributed by atoms with Crippen LogP contribution in [0.15, 0.2) is 29.6 Å². The van der Waals surface area contributed by atoms with Crippen molar-refractivity contribution in [2.45, 2.75) is 45.4 Å². The van der Waals surface area contributed by atoms with Crippen molar-refractivity contribution in [1.29, 1.82) is 0 Å². The molecule has 2 aromatic rings. The van der Waals surface area contributed by atoms with Gasteiger partial charge in [-0.05, 0) is 24.5 Å². The third-order valence-electron chi connectivity index (χ3n) is 4.51. The maximum Gasteiger partial charge on any atom is 0.226 e. The molecular weight excluding hydrogens is 334 g/mol. The van der Waals surface area contributed by atoms with Crippen LogP contribution in [-0.4, -0.2) is 16.8 Å². The Morgan fingerprint density at radius 2 is 1.88 bits per heavy atom. The van der Waals surface area contributed by atoms with Crippen molar-refractivity contribution in [3.05, 3.63) is 29.6 Å². The number of aromatic nitrogens is 1. The molecule has 0 saturated heterocycles. The molecule has 5 nitrogen and oxygen atoms in total. The molecule has 6 heteroatoms. The zero-order chi connectivity index (χ0) is 17.6. The van der Waals surface area contributed by atoms with Crippen LogP contribution in [0.4, 0.5) is 10.8 Å². The number of anilines is 2. The molecule has 0 aliphatic heterocycles. The van der Waals surface area contributed by atoms with Gasteiger partial charge in [0.1, 0.15) is 0 Å². The summed E-state index contributed by atoms with van der Waals surface area (Å²) in [6.45, 7) is 1.48. The SMILES string of the molecule is CC(=O)Nc1ccc(-c2csc(NC(=O)CCC3CCCC3)n2)cc1. The number of hydrogen-bond acceptors (Lipinski definition) is 4. The molecule has 1 fully saturated rings. The molecule has 1 aromatic heterocycles. The standard InChI is InChI=1S/C19H23N3O2S/c1-13(23)20-16-9-7-15(8-10-16)17-12-25-19(21-17)22-18(24)11-6-14-4-2-3-5-14/h7-10,12,14H,2-6,11H2,1H3,(H,20,23)(H,21,22,24).